The van der Waals surface area contributed by atoms with Crippen LogP contribution in [0.1, 0.15) is 11.3 Å². The van der Waals surface area contributed by atoms with E-state index in [2.05, 4.69) is 10.3 Å². The van der Waals surface area contributed by atoms with Gasteiger partial charge in [-0.1, -0.05) is 23.7 Å². The van der Waals surface area contributed by atoms with Crippen LogP contribution in [0.4, 0.5) is 5.69 Å². The zero-order chi connectivity index (χ0) is 13.7. The third-order valence-corrected chi connectivity index (χ3v) is 2.94. The van der Waals surface area contributed by atoms with E-state index in [0.29, 0.717) is 16.6 Å². The van der Waals surface area contributed by atoms with Crippen molar-refractivity contribution in [2.45, 2.75) is 6.61 Å². The average Bonchev–Trinajstić information content (AvgIpc) is 2.46. The molecule has 0 saturated carbocycles. The van der Waals surface area contributed by atoms with Crippen LogP contribution in [0.3, 0.4) is 0 Å². The molecule has 1 N–H and O–H groups in total. The van der Waals surface area contributed by atoms with E-state index in [1.54, 1.807) is 24.3 Å². The normalized spacial score (nSPS) is 9.74. The molecule has 5 heteroatoms. The van der Waals surface area contributed by atoms with Crippen molar-refractivity contribution in [3.8, 4) is 11.9 Å². The summed E-state index contributed by atoms with van der Waals surface area (Å²) >= 11 is 6.14. The minimum absolute atomic E-state index is 0.289. The average molecular weight is 274 g/mol. The Morgan fingerprint density at radius 3 is 2.84 bits per heavy atom. The smallest absolute Gasteiger partial charge is 0.214 e. The molecule has 4 nitrogen and oxygen atoms in total. The van der Waals surface area contributed by atoms with Crippen molar-refractivity contribution >= 4 is 17.3 Å². The lowest BCUT2D eigenvalue weighted by molar-refractivity contribution is 0.294. The third-order valence-electron chi connectivity index (χ3n) is 2.59. The lowest BCUT2D eigenvalue weighted by atomic mass is 10.2. The number of pyridine rings is 1. The number of ether oxygens (including phenoxy) is 1. The Balaban J connectivity index is 2.17. The fourth-order valence-corrected chi connectivity index (χ4v) is 1.87. The third kappa shape index (κ3) is 3.15. The zero-order valence-corrected chi connectivity index (χ0v) is 11.1. The number of hydrogen-bond acceptors (Lipinski definition) is 4. The molecular formula is C14H12ClN3O. The maximum atomic E-state index is 8.77. The van der Waals surface area contributed by atoms with Crippen LogP contribution < -0.4 is 10.1 Å². The molecule has 0 radical (unpaired) electrons. The van der Waals surface area contributed by atoms with E-state index in [9.17, 15) is 0 Å². The molecule has 0 spiro atoms. The predicted octanol–water partition coefficient (Wildman–Crippen LogP) is 3.23. The summed E-state index contributed by atoms with van der Waals surface area (Å²) in [7, 11) is 1.82. The van der Waals surface area contributed by atoms with Crippen molar-refractivity contribution in [1.29, 1.82) is 5.26 Å². The van der Waals surface area contributed by atoms with E-state index in [0.717, 1.165) is 11.3 Å². The molecular weight excluding hydrogens is 262 g/mol. The Hall–Kier alpha value is -2.25. The van der Waals surface area contributed by atoms with Crippen molar-refractivity contribution in [2.24, 2.45) is 0 Å². The number of anilines is 1. The molecule has 1 aromatic heterocycles. The van der Waals surface area contributed by atoms with Gasteiger partial charge < -0.3 is 10.1 Å². The molecule has 1 aromatic carbocycles. The number of aromatic nitrogens is 1. The van der Waals surface area contributed by atoms with E-state index in [4.69, 9.17) is 21.6 Å². The van der Waals surface area contributed by atoms with Crippen molar-refractivity contribution in [2.75, 3.05) is 12.4 Å². The van der Waals surface area contributed by atoms with Crippen LogP contribution in [0.15, 0.2) is 36.4 Å². The van der Waals surface area contributed by atoms with Crippen LogP contribution in [0.2, 0.25) is 5.02 Å². The first-order valence-electron chi connectivity index (χ1n) is 5.69. The van der Waals surface area contributed by atoms with Gasteiger partial charge in [0, 0.05) is 29.4 Å². The van der Waals surface area contributed by atoms with E-state index in [1.165, 1.54) is 0 Å². The second-order valence-electron chi connectivity index (χ2n) is 3.78. The molecule has 2 aromatic rings. The lowest BCUT2D eigenvalue weighted by Gasteiger charge is -2.11. The summed E-state index contributed by atoms with van der Waals surface area (Å²) in [5.74, 6) is 0.404. The lowest BCUT2D eigenvalue weighted by Crippen LogP contribution is -2.02. The van der Waals surface area contributed by atoms with E-state index in [1.807, 2.05) is 25.2 Å². The highest BCUT2D eigenvalue weighted by atomic mass is 35.5. The number of benzene rings is 1. The Morgan fingerprint density at radius 1 is 1.32 bits per heavy atom. The minimum Gasteiger partial charge on any atom is -0.473 e. The maximum Gasteiger partial charge on any atom is 0.214 e. The number of nitrogens with zero attached hydrogens (tertiary/aromatic N) is 2. The fraction of sp³-hybridized carbons (Fsp3) is 0.143. The second-order valence-corrected chi connectivity index (χ2v) is 4.18. The van der Waals surface area contributed by atoms with E-state index < -0.39 is 0 Å². The first-order valence-corrected chi connectivity index (χ1v) is 6.07. The topological polar surface area (TPSA) is 57.9 Å². The number of halogens is 1. The van der Waals surface area contributed by atoms with Gasteiger partial charge in [-0.25, -0.2) is 4.98 Å². The minimum atomic E-state index is 0.289. The standard InChI is InChI=1S/C14H12ClN3O/c1-17-13-6-3-5-12(15)11(13)9-19-14-7-2-4-10(8-16)18-14/h2-7,17H,9H2,1H3. The largest absolute Gasteiger partial charge is 0.473 e. The van der Waals surface area contributed by atoms with Gasteiger partial charge in [-0.2, -0.15) is 5.26 Å². The molecule has 0 unspecified atom stereocenters. The van der Waals surface area contributed by atoms with Gasteiger partial charge in [0.2, 0.25) is 5.88 Å². The summed E-state index contributed by atoms with van der Waals surface area (Å²) < 4.78 is 5.57. The molecule has 0 atom stereocenters. The first kappa shape index (κ1) is 13.2. The van der Waals surface area contributed by atoms with Crippen LogP contribution in [0.25, 0.3) is 0 Å². The highest BCUT2D eigenvalue weighted by Gasteiger charge is 2.07. The van der Waals surface area contributed by atoms with Gasteiger partial charge in [0.25, 0.3) is 0 Å². The summed E-state index contributed by atoms with van der Waals surface area (Å²) in [6.45, 7) is 0.289. The highest BCUT2D eigenvalue weighted by Crippen LogP contribution is 2.25. The Kier molecular flexibility index (Phi) is 4.22. The molecule has 96 valence electrons. The first-order chi connectivity index (χ1) is 9.24. The number of hydrogen-bond donors (Lipinski definition) is 1. The van der Waals surface area contributed by atoms with Crippen molar-refractivity contribution in [3.63, 3.8) is 0 Å². The SMILES string of the molecule is CNc1cccc(Cl)c1COc1cccc(C#N)n1. The Morgan fingerprint density at radius 2 is 2.11 bits per heavy atom. The number of nitriles is 1. The summed E-state index contributed by atoms with van der Waals surface area (Å²) in [4.78, 5) is 4.04. The molecule has 0 aliphatic carbocycles. The quantitative estimate of drug-likeness (QED) is 0.929. The summed E-state index contributed by atoms with van der Waals surface area (Å²) in [6.07, 6.45) is 0. The zero-order valence-electron chi connectivity index (χ0n) is 10.4. The van der Waals surface area contributed by atoms with Gasteiger partial charge in [0.15, 0.2) is 0 Å². The Bertz CT molecular complexity index is 622. The van der Waals surface area contributed by atoms with Crippen LogP contribution >= 0.6 is 11.6 Å². The molecule has 2 rings (SSSR count). The predicted molar refractivity (Wildman–Crippen MR) is 74.3 cm³/mol. The van der Waals surface area contributed by atoms with Crippen molar-refractivity contribution in [1.82, 2.24) is 4.98 Å². The van der Waals surface area contributed by atoms with Gasteiger partial charge in [0.1, 0.15) is 18.4 Å². The molecule has 0 aliphatic heterocycles. The van der Waals surface area contributed by atoms with Gasteiger partial charge in [-0.3, -0.25) is 0 Å². The van der Waals surface area contributed by atoms with Gasteiger partial charge in [-0.05, 0) is 18.2 Å². The van der Waals surface area contributed by atoms with Crippen LogP contribution in [-0.4, -0.2) is 12.0 Å². The molecule has 0 saturated heterocycles. The van der Waals surface area contributed by atoms with Crippen molar-refractivity contribution in [3.05, 3.63) is 52.7 Å². The summed E-state index contributed by atoms with van der Waals surface area (Å²) in [5, 5.41) is 12.5. The second kappa shape index (κ2) is 6.07. The molecule has 0 aliphatic rings. The maximum absolute atomic E-state index is 8.77. The van der Waals surface area contributed by atoms with Crippen molar-refractivity contribution < 1.29 is 4.74 Å². The summed E-state index contributed by atoms with van der Waals surface area (Å²) in [5.41, 5.74) is 2.09. The van der Waals surface area contributed by atoms with Crippen LogP contribution in [0, 0.1) is 11.3 Å². The van der Waals surface area contributed by atoms with Gasteiger partial charge in [-0.15, -0.1) is 0 Å². The monoisotopic (exact) mass is 273 g/mol. The summed E-state index contributed by atoms with van der Waals surface area (Å²) in [6, 6.07) is 12.6. The number of rotatable bonds is 4. The van der Waals surface area contributed by atoms with Crippen LogP contribution in [0.5, 0.6) is 5.88 Å². The molecule has 0 amide bonds. The van der Waals surface area contributed by atoms with E-state index >= 15 is 0 Å². The van der Waals surface area contributed by atoms with Gasteiger partial charge in [0.05, 0.1) is 0 Å². The van der Waals surface area contributed by atoms with E-state index in [-0.39, 0.29) is 6.61 Å². The molecule has 19 heavy (non-hydrogen) atoms. The number of nitrogens with one attached hydrogen (secondary N) is 1. The molecule has 0 bridgehead atoms. The molecule has 1 heterocycles. The Labute approximate surface area is 116 Å². The fourth-order valence-electron chi connectivity index (χ4n) is 1.64. The van der Waals surface area contributed by atoms with Crippen LogP contribution in [-0.2, 0) is 6.61 Å². The highest BCUT2D eigenvalue weighted by molar-refractivity contribution is 6.31. The molecule has 0 fully saturated rings. The van der Waals surface area contributed by atoms with Gasteiger partial charge >= 0.3 is 0 Å².